The number of hydrogen-bond acceptors (Lipinski definition) is 6. The Labute approximate surface area is 227 Å². The molecule has 5 aromatic carbocycles. The van der Waals surface area contributed by atoms with Crippen molar-refractivity contribution in [2.75, 3.05) is 0 Å². The van der Waals surface area contributed by atoms with Gasteiger partial charge in [0, 0.05) is 43.8 Å². The van der Waals surface area contributed by atoms with E-state index in [0.717, 1.165) is 10.8 Å². The minimum Gasteiger partial charge on any atom is -0.455 e. The molecule has 0 amide bonds. The normalized spacial score (nSPS) is 10.9. The maximum atomic E-state index is 10.1. The molecule has 0 radical (unpaired) electrons. The Balaban J connectivity index is 1.88. The smallest absolute Gasteiger partial charge is 0.144 e. The van der Waals surface area contributed by atoms with E-state index in [4.69, 9.17) is 8.83 Å². The lowest BCUT2D eigenvalue weighted by Gasteiger charge is -2.14. The molecular formula is C34H14N4O2. The van der Waals surface area contributed by atoms with Gasteiger partial charge in [-0.2, -0.15) is 21.0 Å². The lowest BCUT2D eigenvalue weighted by Crippen LogP contribution is -1.95. The second-order valence-corrected chi connectivity index (χ2v) is 9.26. The molecule has 0 bridgehead atoms. The summed E-state index contributed by atoms with van der Waals surface area (Å²) in [6, 6.07) is 34.0. The van der Waals surface area contributed by atoms with Crippen LogP contribution in [0.4, 0.5) is 0 Å². The molecule has 0 saturated carbocycles. The monoisotopic (exact) mass is 510 g/mol. The van der Waals surface area contributed by atoms with Crippen LogP contribution in [0.3, 0.4) is 0 Å². The second kappa shape index (κ2) is 8.61. The highest BCUT2D eigenvalue weighted by Gasteiger charge is 2.30. The molecule has 7 aromatic rings. The summed E-state index contributed by atoms with van der Waals surface area (Å²) >= 11 is 0. The third kappa shape index (κ3) is 3.00. The number of nitrogens with zero attached hydrogens (tertiary/aromatic N) is 4. The molecule has 0 aliphatic carbocycles. The summed E-state index contributed by atoms with van der Waals surface area (Å²) in [6.07, 6.45) is 0. The SMILES string of the molecule is N#Cc1cccc(C#N)c1-c1c2oc3ccccc3c2c(-c2c(C#N)cccc2C#N)c2oc3ccccc3c12. The second-order valence-electron chi connectivity index (χ2n) is 9.26. The molecule has 182 valence electrons. The van der Waals surface area contributed by atoms with Crippen LogP contribution in [0.25, 0.3) is 66.1 Å². The van der Waals surface area contributed by atoms with Gasteiger partial charge in [0.25, 0.3) is 0 Å². The molecule has 0 aliphatic heterocycles. The van der Waals surface area contributed by atoms with E-state index < -0.39 is 0 Å². The molecular weight excluding hydrogens is 496 g/mol. The van der Waals surface area contributed by atoms with Gasteiger partial charge in [-0.25, -0.2) is 0 Å². The Morgan fingerprint density at radius 2 is 0.750 bits per heavy atom. The minimum absolute atomic E-state index is 0.315. The molecule has 0 N–H and O–H groups in total. The fraction of sp³-hybridized carbons (Fsp3) is 0. The zero-order chi connectivity index (χ0) is 27.4. The molecule has 0 atom stereocenters. The Morgan fingerprint density at radius 1 is 0.400 bits per heavy atom. The molecule has 40 heavy (non-hydrogen) atoms. The van der Waals surface area contributed by atoms with Crippen LogP contribution in [-0.4, -0.2) is 0 Å². The highest BCUT2D eigenvalue weighted by Crippen LogP contribution is 2.52. The summed E-state index contributed by atoms with van der Waals surface area (Å²) < 4.78 is 13.1. The van der Waals surface area contributed by atoms with Gasteiger partial charge in [0.2, 0.25) is 0 Å². The summed E-state index contributed by atoms with van der Waals surface area (Å²) in [6.45, 7) is 0. The summed E-state index contributed by atoms with van der Waals surface area (Å²) in [5, 5.41) is 43.3. The molecule has 0 aliphatic rings. The van der Waals surface area contributed by atoms with Crippen molar-refractivity contribution in [3.8, 4) is 46.5 Å². The molecule has 0 spiro atoms. The van der Waals surface area contributed by atoms with E-state index in [1.807, 2.05) is 48.5 Å². The average Bonchev–Trinajstić information content (AvgIpc) is 3.58. The zero-order valence-electron chi connectivity index (χ0n) is 20.7. The lowest BCUT2D eigenvalue weighted by atomic mass is 9.85. The van der Waals surface area contributed by atoms with Gasteiger partial charge in [-0.15, -0.1) is 0 Å². The fourth-order valence-corrected chi connectivity index (χ4v) is 5.66. The maximum absolute atomic E-state index is 10.1. The first-order valence-corrected chi connectivity index (χ1v) is 12.4. The van der Waals surface area contributed by atoms with Crippen molar-refractivity contribution in [1.29, 1.82) is 21.0 Å². The number of furan rings is 2. The van der Waals surface area contributed by atoms with E-state index in [9.17, 15) is 21.0 Å². The van der Waals surface area contributed by atoms with Crippen molar-refractivity contribution in [3.05, 3.63) is 107 Å². The molecule has 7 rings (SSSR count). The van der Waals surface area contributed by atoms with E-state index in [1.165, 1.54) is 0 Å². The van der Waals surface area contributed by atoms with Gasteiger partial charge >= 0.3 is 0 Å². The summed E-state index contributed by atoms with van der Waals surface area (Å²) in [7, 11) is 0. The predicted octanol–water partition coefficient (Wildman–Crippen LogP) is 8.31. The molecule has 0 saturated heterocycles. The van der Waals surface area contributed by atoms with E-state index in [2.05, 4.69) is 24.3 Å². The van der Waals surface area contributed by atoms with Crippen LogP contribution in [0, 0.1) is 45.3 Å². The summed E-state index contributed by atoms with van der Waals surface area (Å²) in [5.74, 6) is 0. The molecule has 2 heterocycles. The topological polar surface area (TPSA) is 121 Å². The Bertz CT molecular complexity index is 2150. The van der Waals surface area contributed by atoms with Crippen molar-refractivity contribution in [1.82, 2.24) is 0 Å². The van der Waals surface area contributed by atoms with Crippen molar-refractivity contribution in [2.24, 2.45) is 0 Å². The number of benzene rings is 5. The van der Waals surface area contributed by atoms with Crippen LogP contribution < -0.4 is 0 Å². The molecule has 0 fully saturated rings. The number of hydrogen-bond donors (Lipinski definition) is 0. The van der Waals surface area contributed by atoms with Crippen molar-refractivity contribution < 1.29 is 8.83 Å². The van der Waals surface area contributed by atoms with Crippen LogP contribution in [0.5, 0.6) is 0 Å². The van der Waals surface area contributed by atoms with E-state index >= 15 is 0 Å². The average molecular weight is 511 g/mol. The number of para-hydroxylation sites is 2. The fourth-order valence-electron chi connectivity index (χ4n) is 5.66. The maximum Gasteiger partial charge on any atom is 0.144 e. The molecule has 2 aromatic heterocycles. The summed E-state index contributed by atoms with van der Waals surface area (Å²) in [5.41, 5.74) is 5.28. The van der Waals surface area contributed by atoms with Crippen molar-refractivity contribution in [2.45, 2.75) is 0 Å². The largest absolute Gasteiger partial charge is 0.455 e. The van der Waals surface area contributed by atoms with Gasteiger partial charge in [0.15, 0.2) is 0 Å². The van der Waals surface area contributed by atoms with Crippen molar-refractivity contribution >= 4 is 43.9 Å². The Morgan fingerprint density at radius 3 is 1.10 bits per heavy atom. The Kier molecular flexibility index (Phi) is 4.91. The predicted molar refractivity (Wildman–Crippen MR) is 151 cm³/mol. The van der Waals surface area contributed by atoms with E-state index in [1.54, 1.807) is 36.4 Å². The van der Waals surface area contributed by atoms with Gasteiger partial charge in [-0.05, 0) is 36.4 Å². The van der Waals surface area contributed by atoms with Gasteiger partial charge in [-0.3, -0.25) is 0 Å². The van der Waals surface area contributed by atoms with E-state index in [0.29, 0.717) is 77.6 Å². The minimum atomic E-state index is 0.315. The number of nitriles is 4. The summed E-state index contributed by atoms with van der Waals surface area (Å²) in [4.78, 5) is 0. The highest BCUT2D eigenvalue weighted by atomic mass is 16.3. The van der Waals surface area contributed by atoms with Crippen LogP contribution in [0.1, 0.15) is 22.3 Å². The lowest BCUT2D eigenvalue weighted by molar-refractivity contribution is 0.665. The van der Waals surface area contributed by atoms with Crippen LogP contribution in [-0.2, 0) is 0 Å². The van der Waals surface area contributed by atoms with Crippen LogP contribution >= 0.6 is 0 Å². The number of rotatable bonds is 2. The third-order valence-electron chi connectivity index (χ3n) is 7.26. The molecule has 0 unspecified atom stereocenters. The van der Waals surface area contributed by atoms with Crippen LogP contribution in [0.2, 0.25) is 0 Å². The van der Waals surface area contributed by atoms with Gasteiger partial charge in [-0.1, -0.05) is 48.5 Å². The highest BCUT2D eigenvalue weighted by molar-refractivity contribution is 6.31. The van der Waals surface area contributed by atoms with E-state index in [-0.39, 0.29) is 0 Å². The van der Waals surface area contributed by atoms with Gasteiger partial charge in [0.05, 0.1) is 46.5 Å². The first-order chi connectivity index (χ1) is 19.7. The first-order valence-electron chi connectivity index (χ1n) is 12.4. The zero-order valence-corrected chi connectivity index (χ0v) is 20.7. The van der Waals surface area contributed by atoms with Crippen molar-refractivity contribution in [3.63, 3.8) is 0 Å². The Hall–Kier alpha value is -6.34. The quantitative estimate of drug-likeness (QED) is 0.230. The van der Waals surface area contributed by atoms with Gasteiger partial charge in [0.1, 0.15) is 22.3 Å². The standard InChI is InChI=1S/C34H14N4O2/c35-15-19-7-5-8-20(16-36)27(19)31-29-23-11-1-3-13-25(23)39-33(29)32(28-21(17-37)9-6-10-22(28)18-38)30-24-12-2-4-14-26(24)40-34(30)31/h1-14H. The third-order valence-corrected chi connectivity index (χ3v) is 7.26. The molecule has 6 heteroatoms. The molecule has 6 nitrogen and oxygen atoms in total. The number of fused-ring (bicyclic) bond motifs is 6. The van der Waals surface area contributed by atoms with Crippen LogP contribution in [0.15, 0.2) is 93.8 Å². The first kappa shape index (κ1) is 22.8. The van der Waals surface area contributed by atoms with Gasteiger partial charge < -0.3 is 8.83 Å².